The van der Waals surface area contributed by atoms with E-state index in [4.69, 9.17) is 0 Å². The molecule has 0 atom stereocenters. The van der Waals surface area contributed by atoms with Gasteiger partial charge in [0.2, 0.25) is 10.0 Å². The predicted octanol–water partition coefficient (Wildman–Crippen LogP) is 1.30. The van der Waals surface area contributed by atoms with Crippen molar-refractivity contribution in [2.24, 2.45) is 0 Å². The molecule has 96 valence electrons. The molecule has 7 heteroatoms. The lowest BCUT2D eigenvalue weighted by molar-refractivity contribution is 0.588. The van der Waals surface area contributed by atoms with Crippen molar-refractivity contribution in [2.45, 2.75) is 6.42 Å². The summed E-state index contributed by atoms with van der Waals surface area (Å²) >= 11 is 1.51. The van der Waals surface area contributed by atoms with Crippen molar-refractivity contribution in [1.29, 1.82) is 0 Å². The van der Waals surface area contributed by atoms with Crippen molar-refractivity contribution in [1.82, 2.24) is 14.7 Å². The highest BCUT2D eigenvalue weighted by Crippen LogP contribution is 2.19. The minimum Gasteiger partial charge on any atom is -0.255 e. The molecule has 0 aliphatic carbocycles. The van der Waals surface area contributed by atoms with Gasteiger partial charge in [-0.15, -0.1) is 11.3 Å². The largest absolute Gasteiger partial charge is 0.255 e. The van der Waals surface area contributed by atoms with Crippen molar-refractivity contribution in [3.8, 4) is 11.4 Å². The first-order valence-corrected chi connectivity index (χ1v) is 8.12. The Labute approximate surface area is 110 Å². The highest BCUT2D eigenvalue weighted by atomic mass is 32.2. The molecule has 2 heterocycles. The summed E-state index contributed by atoms with van der Waals surface area (Å²) in [5.41, 5.74) is 1.66. The average Bonchev–Trinajstić information content (AvgIpc) is 2.77. The number of nitrogens with zero attached hydrogens (tertiary/aromatic N) is 2. The van der Waals surface area contributed by atoms with E-state index in [-0.39, 0.29) is 0 Å². The molecule has 5 nitrogen and oxygen atoms in total. The first-order valence-electron chi connectivity index (χ1n) is 5.35. The molecule has 0 spiro atoms. The van der Waals surface area contributed by atoms with Crippen LogP contribution < -0.4 is 4.72 Å². The molecular formula is C11H13N3O2S2. The smallest absolute Gasteiger partial charge is 0.208 e. The lowest BCUT2D eigenvalue weighted by Crippen LogP contribution is -2.24. The van der Waals surface area contributed by atoms with Gasteiger partial charge < -0.3 is 0 Å². The van der Waals surface area contributed by atoms with Gasteiger partial charge in [0, 0.05) is 24.5 Å². The molecule has 2 aromatic rings. The maximum Gasteiger partial charge on any atom is 0.208 e. The number of aromatic nitrogens is 2. The van der Waals surface area contributed by atoms with Gasteiger partial charge in [-0.25, -0.2) is 18.1 Å². The molecule has 0 saturated carbocycles. The van der Waals surface area contributed by atoms with Crippen molar-refractivity contribution in [2.75, 3.05) is 12.8 Å². The predicted molar refractivity (Wildman–Crippen MR) is 71.9 cm³/mol. The van der Waals surface area contributed by atoms with Gasteiger partial charge >= 0.3 is 0 Å². The third kappa shape index (κ3) is 3.86. The van der Waals surface area contributed by atoms with Gasteiger partial charge in [-0.3, -0.25) is 4.98 Å². The van der Waals surface area contributed by atoms with E-state index < -0.39 is 10.0 Å². The number of hydrogen-bond acceptors (Lipinski definition) is 5. The number of sulfonamides is 1. The summed E-state index contributed by atoms with van der Waals surface area (Å²) in [5, 5.41) is 2.82. The van der Waals surface area contributed by atoms with E-state index in [1.54, 1.807) is 6.20 Å². The van der Waals surface area contributed by atoms with E-state index in [0.717, 1.165) is 22.7 Å². The van der Waals surface area contributed by atoms with Gasteiger partial charge in [0.25, 0.3) is 0 Å². The van der Waals surface area contributed by atoms with Gasteiger partial charge in [-0.05, 0) is 12.1 Å². The third-order valence-corrected chi connectivity index (χ3v) is 3.82. The maximum absolute atomic E-state index is 10.9. The standard InChI is InChI=1S/C11H13N3O2S2/c1-18(15,16)13-7-5-11-14-10(8-17-11)9-4-2-3-6-12-9/h2-4,6,8,13H,5,7H2,1H3. The molecule has 0 aromatic carbocycles. The molecule has 0 bridgehead atoms. The van der Waals surface area contributed by atoms with Crippen LogP contribution in [0.25, 0.3) is 11.4 Å². The van der Waals surface area contributed by atoms with Crippen molar-refractivity contribution in [3.05, 3.63) is 34.8 Å². The average molecular weight is 283 g/mol. The van der Waals surface area contributed by atoms with Crippen LogP contribution in [0.3, 0.4) is 0 Å². The highest BCUT2D eigenvalue weighted by molar-refractivity contribution is 7.88. The summed E-state index contributed by atoms with van der Waals surface area (Å²) in [6.45, 7) is 0.369. The fourth-order valence-electron chi connectivity index (χ4n) is 1.40. The molecule has 0 amide bonds. The second kappa shape index (κ2) is 5.55. The van der Waals surface area contributed by atoms with Crippen LogP contribution in [-0.4, -0.2) is 31.2 Å². The molecule has 0 aliphatic rings. The van der Waals surface area contributed by atoms with Gasteiger partial charge in [0.05, 0.1) is 22.7 Å². The Kier molecular flexibility index (Phi) is 4.05. The van der Waals surface area contributed by atoms with Crippen LogP contribution in [0.2, 0.25) is 0 Å². The van der Waals surface area contributed by atoms with Crippen molar-refractivity contribution >= 4 is 21.4 Å². The summed E-state index contributed by atoms with van der Waals surface area (Å²) < 4.78 is 24.3. The molecule has 0 fully saturated rings. The van der Waals surface area contributed by atoms with Crippen LogP contribution in [0.1, 0.15) is 5.01 Å². The van der Waals surface area contributed by atoms with Gasteiger partial charge in [-0.1, -0.05) is 6.07 Å². The quantitative estimate of drug-likeness (QED) is 0.897. The van der Waals surface area contributed by atoms with Crippen molar-refractivity contribution in [3.63, 3.8) is 0 Å². The minimum absolute atomic E-state index is 0.369. The maximum atomic E-state index is 10.9. The van der Waals surface area contributed by atoms with E-state index in [9.17, 15) is 8.42 Å². The summed E-state index contributed by atoms with van der Waals surface area (Å²) in [6.07, 6.45) is 3.46. The Morgan fingerprint density at radius 3 is 2.83 bits per heavy atom. The Hall–Kier alpha value is -1.31. The highest BCUT2D eigenvalue weighted by Gasteiger charge is 2.06. The molecule has 0 unspecified atom stereocenters. The topological polar surface area (TPSA) is 72.0 Å². The van der Waals surface area contributed by atoms with Gasteiger partial charge in [-0.2, -0.15) is 0 Å². The number of thiazole rings is 1. The number of hydrogen-bond donors (Lipinski definition) is 1. The monoisotopic (exact) mass is 283 g/mol. The zero-order chi connectivity index (χ0) is 13.0. The lowest BCUT2D eigenvalue weighted by atomic mass is 10.3. The third-order valence-electron chi connectivity index (χ3n) is 2.18. The Morgan fingerprint density at radius 1 is 1.33 bits per heavy atom. The van der Waals surface area contributed by atoms with Crippen LogP contribution >= 0.6 is 11.3 Å². The second-order valence-electron chi connectivity index (χ2n) is 3.76. The number of pyridine rings is 1. The summed E-state index contributed by atoms with van der Waals surface area (Å²) in [5.74, 6) is 0. The summed E-state index contributed by atoms with van der Waals surface area (Å²) in [4.78, 5) is 8.64. The van der Waals surface area contributed by atoms with E-state index >= 15 is 0 Å². The van der Waals surface area contributed by atoms with Crippen molar-refractivity contribution < 1.29 is 8.42 Å². The first kappa shape index (κ1) is 13.1. The molecule has 0 aliphatic heterocycles. The van der Waals surface area contributed by atoms with Crippen LogP contribution in [0, 0.1) is 0 Å². The second-order valence-corrected chi connectivity index (χ2v) is 6.53. The Bertz CT molecular complexity index is 608. The fourth-order valence-corrected chi connectivity index (χ4v) is 2.67. The summed E-state index contributed by atoms with van der Waals surface area (Å²) in [6, 6.07) is 5.66. The molecule has 0 radical (unpaired) electrons. The molecular weight excluding hydrogens is 270 g/mol. The van der Waals surface area contributed by atoms with Crippen LogP contribution in [-0.2, 0) is 16.4 Å². The molecule has 1 N–H and O–H groups in total. The number of rotatable bonds is 5. The Morgan fingerprint density at radius 2 is 2.17 bits per heavy atom. The first-order chi connectivity index (χ1) is 8.54. The fraction of sp³-hybridized carbons (Fsp3) is 0.273. The van der Waals surface area contributed by atoms with E-state index in [1.807, 2.05) is 23.6 Å². The van der Waals surface area contributed by atoms with E-state index in [2.05, 4.69) is 14.7 Å². The lowest BCUT2D eigenvalue weighted by Gasteiger charge is -1.99. The molecule has 18 heavy (non-hydrogen) atoms. The number of nitrogens with one attached hydrogen (secondary N) is 1. The SMILES string of the molecule is CS(=O)(=O)NCCc1nc(-c2ccccn2)cs1. The van der Waals surface area contributed by atoms with Gasteiger partial charge in [0.1, 0.15) is 0 Å². The molecule has 0 saturated heterocycles. The van der Waals surface area contributed by atoms with Crippen LogP contribution in [0.4, 0.5) is 0 Å². The van der Waals surface area contributed by atoms with Crippen LogP contribution in [0.5, 0.6) is 0 Å². The van der Waals surface area contributed by atoms with Crippen LogP contribution in [0.15, 0.2) is 29.8 Å². The van der Waals surface area contributed by atoms with E-state index in [1.165, 1.54) is 11.3 Å². The molecule has 2 aromatic heterocycles. The molecule has 2 rings (SSSR count). The Balaban J connectivity index is 1.99. The minimum atomic E-state index is -3.13. The zero-order valence-corrected chi connectivity index (χ0v) is 11.5. The van der Waals surface area contributed by atoms with E-state index in [0.29, 0.717) is 13.0 Å². The summed E-state index contributed by atoms with van der Waals surface area (Å²) in [7, 11) is -3.13. The van der Waals surface area contributed by atoms with Gasteiger partial charge in [0.15, 0.2) is 0 Å². The normalized spacial score (nSPS) is 11.6. The zero-order valence-electron chi connectivity index (χ0n) is 9.83.